The minimum absolute atomic E-state index is 0.0264. The lowest BCUT2D eigenvalue weighted by Crippen LogP contribution is -2.54. The van der Waals surface area contributed by atoms with Gasteiger partial charge in [0.2, 0.25) is 23.6 Å². The SMILES string of the molecule is CC(=O)N(CCC(N)C(=O)NC(CNC(=O)CNC(=O)CC(SCC(N)C(=O)O)C(=O)O)C(=O)O)C(c1cc(-c2cc(F)ccc2F)cn1Cc1ccccc1)C(C)(C)C. The van der Waals surface area contributed by atoms with E-state index in [-0.39, 0.29) is 30.2 Å². The Kier molecular flexibility index (Phi) is 17.7. The van der Waals surface area contributed by atoms with Gasteiger partial charge >= 0.3 is 17.9 Å². The molecule has 17 nitrogen and oxygen atoms in total. The number of carboxylic acid groups (broad SMARTS) is 3. The van der Waals surface area contributed by atoms with Crippen molar-refractivity contribution in [2.45, 2.75) is 76.5 Å². The first-order valence-corrected chi connectivity index (χ1v) is 19.7. The van der Waals surface area contributed by atoms with Crippen LogP contribution in [0.5, 0.6) is 0 Å². The summed E-state index contributed by atoms with van der Waals surface area (Å²) in [5.74, 6) is -8.85. The maximum Gasteiger partial charge on any atom is 0.328 e. The predicted molar refractivity (Wildman–Crippen MR) is 217 cm³/mol. The molecule has 5 atom stereocenters. The third-order valence-corrected chi connectivity index (χ3v) is 10.5. The fourth-order valence-electron chi connectivity index (χ4n) is 6.17. The molecule has 0 fully saturated rings. The second kappa shape index (κ2) is 21.9. The van der Waals surface area contributed by atoms with E-state index in [9.17, 15) is 48.2 Å². The van der Waals surface area contributed by atoms with E-state index in [2.05, 4.69) is 16.0 Å². The lowest BCUT2D eigenvalue weighted by atomic mass is 9.82. The highest BCUT2D eigenvalue weighted by Gasteiger charge is 2.37. The fraction of sp³-hybridized carbons (Fsp3) is 0.425. The first-order valence-electron chi connectivity index (χ1n) is 18.7. The first kappa shape index (κ1) is 48.5. The molecule has 0 bridgehead atoms. The minimum Gasteiger partial charge on any atom is -0.480 e. The Morgan fingerprint density at radius 2 is 1.53 bits per heavy atom. The van der Waals surface area contributed by atoms with E-state index in [4.69, 9.17) is 16.6 Å². The summed E-state index contributed by atoms with van der Waals surface area (Å²) in [6.45, 7) is 5.98. The van der Waals surface area contributed by atoms with Crippen LogP contribution in [0.4, 0.5) is 8.78 Å². The van der Waals surface area contributed by atoms with Gasteiger partial charge in [0.15, 0.2) is 0 Å². The van der Waals surface area contributed by atoms with Crippen molar-refractivity contribution in [1.82, 2.24) is 25.4 Å². The van der Waals surface area contributed by atoms with E-state index in [1.807, 2.05) is 55.7 Å². The first-order chi connectivity index (χ1) is 28.1. The van der Waals surface area contributed by atoms with Gasteiger partial charge in [0, 0.05) is 61.7 Å². The highest BCUT2D eigenvalue weighted by Crippen LogP contribution is 2.41. The molecule has 0 aliphatic heterocycles. The number of aliphatic carboxylic acids is 3. The van der Waals surface area contributed by atoms with Crippen molar-refractivity contribution in [2.75, 3.05) is 25.4 Å². The fourth-order valence-corrected chi connectivity index (χ4v) is 7.17. The Labute approximate surface area is 349 Å². The van der Waals surface area contributed by atoms with Crippen molar-refractivity contribution in [3.8, 4) is 11.1 Å². The molecule has 0 radical (unpaired) electrons. The molecule has 0 spiro atoms. The Balaban J connectivity index is 1.70. The van der Waals surface area contributed by atoms with Gasteiger partial charge in [0.25, 0.3) is 0 Å². The zero-order valence-electron chi connectivity index (χ0n) is 33.5. The standard InChI is InChI=1S/C40H51F2N7O10S/c1-22(50)49(35(40(2,3)4)31-14-24(26-15-25(41)10-11-27(26)42)20-48(31)19-23-8-6-5-7-9-23)13-12-28(43)36(53)47-30(38(56)57)17-45-34(52)18-46-33(51)16-32(39(58)59)60-21-29(44)37(54)55/h5-11,14-15,20,28-30,32,35H,12-13,16-19,21,43-44H2,1-4H3,(H,45,52)(H,46,51)(H,47,53)(H,54,55)(H,56,57)(H,58,59). The van der Waals surface area contributed by atoms with Crippen molar-refractivity contribution < 1.29 is 57.7 Å². The van der Waals surface area contributed by atoms with Crippen LogP contribution in [0.15, 0.2) is 60.8 Å². The predicted octanol–water partition coefficient (Wildman–Crippen LogP) is 1.92. The minimum atomic E-state index is -1.66. The number of hydrogen-bond donors (Lipinski definition) is 8. The second-order valence-corrected chi connectivity index (χ2v) is 16.3. The van der Waals surface area contributed by atoms with E-state index >= 15 is 4.39 Å². The van der Waals surface area contributed by atoms with Crippen LogP contribution >= 0.6 is 11.8 Å². The van der Waals surface area contributed by atoms with Crippen molar-refractivity contribution >= 4 is 53.3 Å². The highest BCUT2D eigenvalue weighted by atomic mass is 32.2. The largest absolute Gasteiger partial charge is 0.480 e. The summed E-state index contributed by atoms with van der Waals surface area (Å²) >= 11 is 0.638. The zero-order valence-corrected chi connectivity index (χ0v) is 34.3. The number of nitrogens with zero attached hydrogens (tertiary/aromatic N) is 2. The molecular formula is C40H51F2N7O10S. The molecule has 4 amide bonds. The monoisotopic (exact) mass is 859 g/mol. The number of aromatic nitrogens is 1. The van der Waals surface area contributed by atoms with Crippen molar-refractivity contribution in [3.63, 3.8) is 0 Å². The third kappa shape index (κ3) is 14.5. The van der Waals surface area contributed by atoms with Gasteiger partial charge in [0.05, 0.1) is 18.6 Å². The molecule has 326 valence electrons. The molecule has 2 aromatic carbocycles. The molecule has 0 aliphatic carbocycles. The number of carboxylic acids is 3. The van der Waals surface area contributed by atoms with Gasteiger partial charge in [-0.1, -0.05) is 51.1 Å². The van der Waals surface area contributed by atoms with Crippen LogP contribution in [0.25, 0.3) is 11.1 Å². The van der Waals surface area contributed by atoms with Gasteiger partial charge in [-0.3, -0.25) is 28.8 Å². The average molecular weight is 860 g/mol. The number of benzene rings is 2. The topological polar surface area (TPSA) is 276 Å². The second-order valence-electron chi connectivity index (χ2n) is 15.1. The number of nitrogens with one attached hydrogen (secondary N) is 3. The number of halogens is 2. The number of carbonyl (C=O) groups excluding carboxylic acids is 4. The summed E-state index contributed by atoms with van der Waals surface area (Å²) in [7, 11) is 0. The quantitative estimate of drug-likeness (QED) is 0.0718. The molecule has 5 unspecified atom stereocenters. The molecule has 3 aromatic rings. The van der Waals surface area contributed by atoms with Gasteiger partial charge in [-0.2, -0.15) is 0 Å². The van der Waals surface area contributed by atoms with E-state index < -0.39 is 102 Å². The van der Waals surface area contributed by atoms with Crippen molar-refractivity contribution in [3.05, 3.63) is 83.7 Å². The van der Waals surface area contributed by atoms with Crippen LogP contribution in [-0.2, 0) is 40.1 Å². The molecule has 1 aromatic heterocycles. The number of carbonyl (C=O) groups is 7. The maximum atomic E-state index is 15.0. The van der Waals surface area contributed by atoms with Gasteiger partial charge in [-0.25, -0.2) is 13.6 Å². The summed E-state index contributed by atoms with van der Waals surface area (Å²) in [5.41, 5.74) is 12.8. The van der Waals surface area contributed by atoms with Gasteiger partial charge < -0.3 is 52.2 Å². The van der Waals surface area contributed by atoms with Crippen LogP contribution in [0.1, 0.15) is 57.8 Å². The summed E-state index contributed by atoms with van der Waals surface area (Å²) < 4.78 is 31.2. The normalized spacial score (nSPS) is 13.9. The number of thioether (sulfide) groups is 1. The number of amides is 4. The molecule has 0 saturated carbocycles. The van der Waals surface area contributed by atoms with E-state index in [0.717, 1.165) is 23.8 Å². The van der Waals surface area contributed by atoms with Crippen LogP contribution in [0.2, 0.25) is 0 Å². The van der Waals surface area contributed by atoms with E-state index in [0.29, 0.717) is 29.6 Å². The number of hydrogen-bond acceptors (Lipinski definition) is 10. The van der Waals surface area contributed by atoms with Gasteiger partial charge in [-0.15, -0.1) is 11.8 Å². The molecule has 60 heavy (non-hydrogen) atoms. The van der Waals surface area contributed by atoms with Gasteiger partial charge in [-0.05, 0) is 41.7 Å². The molecule has 20 heteroatoms. The molecule has 10 N–H and O–H groups in total. The average Bonchev–Trinajstić information content (AvgIpc) is 3.57. The smallest absolute Gasteiger partial charge is 0.328 e. The van der Waals surface area contributed by atoms with Crippen LogP contribution in [-0.4, -0.2) is 115 Å². The van der Waals surface area contributed by atoms with Crippen LogP contribution < -0.4 is 27.4 Å². The molecule has 0 aliphatic rings. The van der Waals surface area contributed by atoms with Crippen molar-refractivity contribution in [1.29, 1.82) is 0 Å². The summed E-state index contributed by atoms with van der Waals surface area (Å²) in [6, 6.07) is 9.18. The summed E-state index contributed by atoms with van der Waals surface area (Å²) in [5, 5.41) is 33.3. The Hall–Kier alpha value is -5.86. The Morgan fingerprint density at radius 1 is 0.867 bits per heavy atom. The zero-order chi connectivity index (χ0) is 44.9. The highest BCUT2D eigenvalue weighted by molar-refractivity contribution is 8.00. The molecule has 3 rings (SSSR count). The van der Waals surface area contributed by atoms with E-state index in [1.165, 1.54) is 11.8 Å². The summed E-state index contributed by atoms with van der Waals surface area (Å²) in [4.78, 5) is 87.2. The van der Waals surface area contributed by atoms with Gasteiger partial charge in [0.1, 0.15) is 29.0 Å². The lowest BCUT2D eigenvalue weighted by Gasteiger charge is -2.41. The Bertz CT molecular complexity index is 2030. The number of nitrogens with two attached hydrogens (primary N) is 2. The summed E-state index contributed by atoms with van der Waals surface area (Å²) in [6.07, 6.45) is 0.942. The number of rotatable bonds is 22. The van der Waals surface area contributed by atoms with E-state index in [1.54, 1.807) is 12.3 Å². The molecule has 1 heterocycles. The van der Waals surface area contributed by atoms with Crippen molar-refractivity contribution in [2.24, 2.45) is 16.9 Å². The maximum absolute atomic E-state index is 15.0. The molecule has 0 saturated heterocycles. The lowest BCUT2D eigenvalue weighted by molar-refractivity contribution is -0.142. The third-order valence-electron chi connectivity index (χ3n) is 9.20. The van der Waals surface area contributed by atoms with Crippen LogP contribution in [0.3, 0.4) is 0 Å². The van der Waals surface area contributed by atoms with Crippen LogP contribution in [0, 0.1) is 17.0 Å². The Morgan fingerprint density at radius 3 is 2.12 bits per heavy atom. The molecular weight excluding hydrogens is 809 g/mol.